The topological polar surface area (TPSA) is 56.8 Å². The number of methoxy groups -OCH3 is 2. The molecule has 0 fully saturated rings. The maximum absolute atomic E-state index is 13.7. The summed E-state index contributed by atoms with van der Waals surface area (Å²) in [6, 6.07) is 7.41. The quantitative estimate of drug-likeness (QED) is 0.720. The fourth-order valence-electron chi connectivity index (χ4n) is 2.14. The number of hydrogen-bond acceptors (Lipinski definition) is 4. The van der Waals surface area contributed by atoms with Crippen molar-refractivity contribution in [3.8, 4) is 17.2 Å². The number of rotatable bonds is 7. The molecule has 25 heavy (non-hydrogen) atoms. The van der Waals surface area contributed by atoms with Crippen LogP contribution in [0.1, 0.15) is 23.7 Å². The fourth-order valence-corrected chi connectivity index (χ4v) is 2.70. The second-order valence-corrected chi connectivity index (χ2v) is 6.00. The minimum absolute atomic E-state index is 0.111. The zero-order chi connectivity index (χ0) is 18.4. The average molecular weight is 412 g/mol. The lowest BCUT2D eigenvalue weighted by molar-refractivity contribution is 0.102. The lowest BCUT2D eigenvalue weighted by Gasteiger charge is -2.14. The Hall–Kier alpha value is -2.28. The largest absolute Gasteiger partial charge is 0.494 e. The number of amides is 1. The molecular formula is C18H19BrFNO4. The van der Waals surface area contributed by atoms with E-state index >= 15 is 0 Å². The van der Waals surface area contributed by atoms with Crippen LogP contribution in [0.25, 0.3) is 0 Å². The molecule has 0 bridgehead atoms. The van der Waals surface area contributed by atoms with Crippen LogP contribution in [0.3, 0.4) is 0 Å². The molecule has 0 saturated carbocycles. The molecule has 7 heteroatoms. The highest BCUT2D eigenvalue weighted by Gasteiger charge is 2.16. The van der Waals surface area contributed by atoms with Gasteiger partial charge >= 0.3 is 0 Å². The van der Waals surface area contributed by atoms with E-state index in [1.165, 1.54) is 26.4 Å². The number of ether oxygens (including phenoxy) is 3. The Kier molecular flexibility index (Phi) is 6.64. The first kappa shape index (κ1) is 19.1. The molecule has 0 aromatic heterocycles. The van der Waals surface area contributed by atoms with E-state index in [4.69, 9.17) is 14.2 Å². The van der Waals surface area contributed by atoms with Crippen molar-refractivity contribution in [2.45, 2.75) is 13.3 Å². The molecule has 0 aliphatic carbocycles. The van der Waals surface area contributed by atoms with Crippen molar-refractivity contribution >= 4 is 27.5 Å². The minimum Gasteiger partial charge on any atom is -0.494 e. The Balaban J connectivity index is 2.24. The summed E-state index contributed by atoms with van der Waals surface area (Å²) in [6.07, 6.45) is 0.848. The first-order valence-electron chi connectivity index (χ1n) is 7.65. The van der Waals surface area contributed by atoms with Crippen LogP contribution in [0.15, 0.2) is 34.8 Å². The van der Waals surface area contributed by atoms with Gasteiger partial charge in [0.25, 0.3) is 5.91 Å². The molecule has 134 valence electrons. The molecule has 2 aromatic rings. The SMILES string of the molecule is CCCOc1c(Br)cc(C(=O)Nc2ccc(OC)c(F)c2)cc1OC. The van der Waals surface area contributed by atoms with Crippen LogP contribution in [0.5, 0.6) is 17.2 Å². The summed E-state index contributed by atoms with van der Waals surface area (Å²) in [7, 11) is 2.88. The maximum atomic E-state index is 13.7. The van der Waals surface area contributed by atoms with Crippen molar-refractivity contribution in [3.63, 3.8) is 0 Å². The molecular weight excluding hydrogens is 393 g/mol. The van der Waals surface area contributed by atoms with Crippen molar-refractivity contribution in [3.05, 3.63) is 46.2 Å². The Bertz CT molecular complexity index is 767. The smallest absolute Gasteiger partial charge is 0.255 e. The summed E-state index contributed by atoms with van der Waals surface area (Å²) in [6.45, 7) is 2.53. The van der Waals surface area contributed by atoms with Crippen molar-refractivity contribution in [2.24, 2.45) is 0 Å². The van der Waals surface area contributed by atoms with E-state index in [0.717, 1.165) is 6.42 Å². The molecule has 5 nitrogen and oxygen atoms in total. The van der Waals surface area contributed by atoms with Gasteiger partial charge in [-0.15, -0.1) is 0 Å². The molecule has 1 amide bonds. The third kappa shape index (κ3) is 4.63. The molecule has 0 heterocycles. The van der Waals surface area contributed by atoms with Gasteiger partial charge in [-0.25, -0.2) is 4.39 Å². The Morgan fingerprint density at radius 2 is 1.88 bits per heavy atom. The van der Waals surface area contributed by atoms with Crippen molar-refractivity contribution in [1.29, 1.82) is 0 Å². The van der Waals surface area contributed by atoms with Crippen LogP contribution in [-0.2, 0) is 0 Å². The molecule has 0 spiro atoms. The lowest BCUT2D eigenvalue weighted by atomic mass is 10.1. The van der Waals surface area contributed by atoms with E-state index in [2.05, 4.69) is 21.2 Å². The summed E-state index contributed by atoms with van der Waals surface area (Å²) in [4.78, 5) is 12.4. The van der Waals surface area contributed by atoms with Gasteiger partial charge in [0.2, 0.25) is 0 Å². The van der Waals surface area contributed by atoms with Gasteiger partial charge in [-0.05, 0) is 46.6 Å². The van der Waals surface area contributed by atoms with Gasteiger partial charge in [-0.1, -0.05) is 6.92 Å². The fraction of sp³-hybridized carbons (Fsp3) is 0.278. The van der Waals surface area contributed by atoms with E-state index < -0.39 is 11.7 Å². The van der Waals surface area contributed by atoms with Gasteiger partial charge in [-0.2, -0.15) is 0 Å². The second-order valence-electron chi connectivity index (χ2n) is 5.14. The number of benzene rings is 2. The van der Waals surface area contributed by atoms with Crippen LogP contribution < -0.4 is 19.5 Å². The maximum Gasteiger partial charge on any atom is 0.255 e. The molecule has 2 aromatic carbocycles. The normalized spacial score (nSPS) is 10.3. The highest BCUT2D eigenvalue weighted by atomic mass is 79.9. The number of halogens is 2. The molecule has 0 unspecified atom stereocenters. The third-order valence-corrected chi connectivity index (χ3v) is 3.94. The number of carbonyl (C=O) groups is 1. The van der Waals surface area contributed by atoms with E-state index in [9.17, 15) is 9.18 Å². The number of hydrogen-bond donors (Lipinski definition) is 1. The molecule has 0 saturated heterocycles. The molecule has 0 radical (unpaired) electrons. The van der Waals surface area contributed by atoms with Crippen molar-refractivity contribution < 1.29 is 23.4 Å². The van der Waals surface area contributed by atoms with Gasteiger partial charge in [0, 0.05) is 17.3 Å². The van der Waals surface area contributed by atoms with Crippen LogP contribution in [0, 0.1) is 5.82 Å². The van der Waals surface area contributed by atoms with Crippen molar-refractivity contribution in [1.82, 2.24) is 0 Å². The number of nitrogens with one attached hydrogen (secondary N) is 1. The van der Waals surface area contributed by atoms with E-state index in [-0.39, 0.29) is 5.75 Å². The zero-order valence-corrected chi connectivity index (χ0v) is 15.8. The summed E-state index contributed by atoms with van der Waals surface area (Å²) in [5.41, 5.74) is 0.675. The lowest BCUT2D eigenvalue weighted by Crippen LogP contribution is -2.13. The summed E-state index contributed by atoms with van der Waals surface area (Å²) in [5, 5.41) is 2.64. The Morgan fingerprint density at radius 3 is 2.48 bits per heavy atom. The van der Waals surface area contributed by atoms with Crippen LogP contribution in [-0.4, -0.2) is 26.7 Å². The van der Waals surface area contributed by atoms with Crippen LogP contribution in [0.2, 0.25) is 0 Å². The molecule has 0 aliphatic heterocycles. The average Bonchev–Trinajstić information content (AvgIpc) is 2.60. The molecule has 1 N–H and O–H groups in total. The molecule has 0 atom stereocenters. The third-order valence-electron chi connectivity index (χ3n) is 3.35. The standard InChI is InChI=1S/C18H19BrFNO4/c1-4-7-25-17-13(19)8-11(9-16(17)24-3)18(22)21-12-5-6-15(23-2)14(20)10-12/h5-6,8-10H,4,7H2,1-3H3,(H,21,22). The van der Waals surface area contributed by atoms with Gasteiger partial charge in [0.05, 0.1) is 25.3 Å². The van der Waals surface area contributed by atoms with Gasteiger partial charge < -0.3 is 19.5 Å². The Labute approximate surface area is 154 Å². The minimum atomic E-state index is -0.553. The monoisotopic (exact) mass is 411 g/mol. The highest BCUT2D eigenvalue weighted by Crippen LogP contribution is 2.37. The predicted octanol–water partition coefficient (Wildman–Crippen LogP) is 4.65. The Morgan fingerprint density at radius 1 is 1.16 bits per heavy atom. The summed E-state index contributed by atoms with van der Waals surface area (Å²) < 4.78 is 30.1. The van der Waals surface area contributed by atoms with Crippen molar-refractivity contribution in [2.75, 3.05) is 26.1 Å². The summed E-state index contributed by atoms with van der Waals surface area (Å²) >= 11 is 3.39. The first-order valence-corrected chi connectivity index (χ1v) is 8.44. The van der Waals surface area contributed by atoms with E-state index in [1.54, 1.807) is 18.2 Å². The zero-order valence-electron chi connectivity index (χ0n) is 14.2. The van der Waals surface area contributed by atoms with Gasteiger partial charge in [0.15, 0.2) is 23.1 Å². The van der Waals surface area contributed by atoms with Gasteiger partial charge in [0.1, 0.15) is 0 Å². The summed E-state index contributed by atoms with van der Waals surface area (Å²) in [5.74, 6) is 0.137. The predicted molar refractivity (Wildman–Crippen MR) is 97.4 cm³/mol. The highest BCUT2D eigenvalue weighted by molar-refractivity contribution is 9.10. The molecule has 2 rings (SSSR count). The van der Waals surface area contributed by atoms with E-state index in [0.29, 0.717) is 33.8 Å². The van der Waals surface area contributed by atoms with Gasteiger partial charge in [-0.3, -0.25) is 4.79 Å². The number of carbonyl (C=O) groups excluding carboxylic acids is 1. The van der Waals surface area contributed by atoms with Crippen LogP contribution in [0.4, 0.5) is 10.1 Å². The first-order chi connectivity index (χ1) is 12.0. The second kappa shape index (κ2) is 8.71. The number of anilines is 1. The molecule has 0 aliphatic rings. The van der Waals surface area contributed by atoms with Crippen LogP contribution >= 0.6 is 15.9 Å². The van der Waals surface area contributed by atoms with E-state index in [1.807, 2.05) is 6.92 Å².